The number of rotatable bonds is 7. The van der Waals surface area contributed by atoms with Crippen LogP contribution < -0.4 is 0 Å². The van der Waals surface area contributed by atoms with Gasteiger partial charge in [0.15, 0.2) is 28.8 Å². The number of hydrogen-bond donors (Lipinski definition) is 0. The first-order valence-electron chi connectivity index (χ1n) is 20.4. The fourth-order valence-corrected chi connectivity index (χ4v) is 8.34. The summed E-state index contributed by atoms with van der Waals surface area (Å²) in [5, 5.41) is 32.2. The largest absolute Gasteiger partial charge is 0.308 e. The Labute approximate surface area is 373 Å². The molecule has 0 amide bonds. The molecule has 0 fully saturated rings. The number of para-hydroxylation sites is 1. The molecule has 0 saturated heterocycles. The Balaban J connectivity index is 1.36. The first kappa shape index (κ1) is 39.2. The molecule has 0 unspecified atom stereocenters. The summed E-state index contributed by atoms with van der Waals surface area (Å²) in [6.07, 6.45) is 0. The molecule has 10 rings (SSSR count). The lowest BCUT2D eigenvalue weighted by atomic mass is 9.90. The van der Waals surface area contributed by atoms with E-state index in [1.165, 1.54) is 0 Å². The maximum Gasteiger partial charge on any atom is 0.177 e. The van der Waals surface area contributed by atoms with E-state index < -0.39 is 0 Å². The molecule has 298 valence electrons. The van der Waals surface area contributed by atoms with E-state index in [2.05, 4.69) is 50.7 Å². The van der Waals surface area contributed by atoms with Crippen molar-refractivity contribution >= 4 is 33.2 Å². The lowest BCUT2D eigenvalue weighted by Gasteiger charge is -2.22. The average Bonchev–Trinajstić information content (AvgIpc) is 3.71. The molecule has 0 spiro atoms. The Hall–Kier alpha value is -9.98. The van der Waals surface area contributed by atoms with Crippen LogP contribution in [0.2, 0.25) is 0 Å². The lowest BCUT2D eigenvalue weighted by Crippen LogP contribution is -2.04. The molecule has 9 nitrogen and oxygen atoms in total. The minimum absolute atomic E-state index is 0.286. The van der Waals surface area contributed by atoms with Crippen molar-refractivity contribution in [2.75, 3.05) is 0 Å². The highest BCUT2D eigenvalue weighted by Crippen LogP contribution is 2.46. The highest BCUT2D eigenvalue weighted by Gasteiger charge is 2.24. The number of nitrogens with zero attached hydrogens (tertiary/aromatic N) is 9. The molecule has 0 atom stereocenters. The first-order chi connectivity index (χ1) is 31.9. The van der Waals surface area contributed by atoms with Crippen LogP contribution in [0.5, 0.6) is 0 Å². The van der Waals surface area contributed by atoms with Gasteiger partial charge in [-0.2, -0.15) is 15.8 Å². The Kier molecular flexibility index (Phi) is 9.93. The molecule has 0 bridgehead atoms. The van der Waals surface area contributed by atoms with Gasteiger partial charge in [0.25, 0.3) is 0 Å². The van der Waals surface area contributed by atoms with Gasteiger partial charge in [0.1, 0.15) is 0 Å². The van der Waals surface area contributed by atoms with Crippen LogP contribution in [0.25, 0.3) is 105 Å². The van der Waals surface area contributed by atoms with Gasteiger partial charge in [-0.25, -0.2) is 24.6 Å². The van der Waals surface area contributed by atoms with Gasteiger partial charge in [-0.3, -0.25) is 0 Å². The van der Waals surface area contributed by atoms with Crippen LogP contribution in [-0.2, 0) is 0 Å². The van der Waals surface area contributed by atoms with Crippen molar-refractivity contribution in [3.05, 3.63) is 215 Å². The van der Waals surface area contributed by atoms with E-state index in [0.717, 1.165) is 44.1 Å². The highest BCUT2D eigenvalue weighted by molar-refractivity contribution is 6.12. The Bertz CT molecular complexity index is 3560. The Morgan fingerprint density at radius 3 is 1.46 bits per heavy atom. The van der Waals surface area contributed by atoms with Gasteiger partial charge in [0.05, 0.1) is 64.8 Å². The number of nitriles is 3. The van der Waals surface area contributed by atoms with E-state index in [0.29, 0.717) is 67.7 Å². The zero-order valence-corrected chi connectivity index (χ0v) is 34.3. The van der Waals surface area contributed by atoms with Crippen molar-refractivity contribution in [3.63, 3.8) is 0 Å². The monoisotopic (exact) mass is 827 g/mol. The van der Waals surface area contributed by atoms with Gasteiger partial charge < -0.3 is 4.57 Å². The molecule has 65 heavy (non-hydrogen) atoms. The van der Waals surface area contributed by atoms with E-state index in [9.17, 15) is 15.8 Å². The third-order valence-corrected chi connectivity index (χ3v) is 11.3. The number of fused-ring (bicyclic) bond motifs is 3. The second-order valence-corrected chi connectivity index (χ2v) is 15.2. The van der Waals surface area contributed by atoms with Crippen molar-refractivity contribution in [1.82, 2.24) is 19.5 Å². The van der Waals surface area contributed by atoms with Crippen molar-refractivity contribution < 1.29 is 0 Å². The highest BCUT2D eigenvalue weighted by atomic mass is 15.0. The lowest BCUT2D eigenvalue weighted by molar-refractivity contribution is 1.07. The van der Waals surface area contributed by atoms with Gasteiger partial charge >= 0.3 is 0 Å². The minimum atomic E-state index is 0.286. The topological polar surface area (TPSA) is 124 Å². The van der Waals surface area contributed by atoms with Crippen LogP contribution in [0.1, 0.15) is 16.7 Å². The summed E-state index contributed by atoms with van der Waals surface area (Å²) in [7, 11) is 0. The molecule has 0 saturated carbocycles. The van der Waals surface area contributed by atoms with Crippen LogP contribution in [-0.4, -0.2) is 19.5 Å². The second kappa shape index (κ2) is 16.5. The van der Waals surface area contributed by atoms with Crippen LogP contribution in [0.15, 0.2) is 176 Å². The second-order valence-electron chi connectivity index (χ2n) is 15.2. The molecule has 2 heterocycles. The van der Waals surface area contributed by atoms with E-state index in [4.69, 9.17) is 28.1 Å². The van der Waals surface area contributed by atoms with E-state index in [1.807, 2.05) is 115 Å². The molecule has 0 N–H and O–H groups in total. The maximum absolute atomic E-state index is 10.3. The summed E-state index contributed by atoms with van der Waals surface area (Å²) in [5.74, 6) is 1.29. The quantitative estimate of drug-likeness (QED) is 0.147. The standard InChI is InChI=1S/C56H29N9/c1-60-45-26-43(27-46(31-45)61-2)49-30-44(56-63-54(38-13-5-3-6-14-38)62-55(64-56)39-15-7-4-8-16-39)29-48(42-24-36(33-58)22-37(25-42)34-59)53(49)65-51-19-10-9-18-47(51)50-28-41(20-21-52(50)65)40-17-11-12-35(23-40)32-57/h3-31H. The van der Waals surface area contributed by atoms with E-state index in [1.54, 1.807) is 42.5 Å². The molecular formula is C56H29N9. The van der Waals surface area contributed by atoms with Crippen LogP contribution in [0.4, 0.5) is 11.4 Å². The molecule has 0 radical (unpaired) electrons. The van der Waals surface area contributed by atoms with Crippen LogP contribution in [0, 0.1) is 47.1 Å². The minimum Gasteiger partial charge on any atom is -0.308 e. The number of hydrogen-bond acceptors (Lipinski definition) is 6. The Morgan fingerprint density at radius 1 is 0.385 bits per heavy atom. The van der Waals surface area contributed by atoms with Crippen LogP contribution >= 0.6 is 0 Å². The van der Waals surface area contributed by atoms with Crippen molar-refractivity contribution in [2.45, 2.75) is 0 Å². The number of benzene rings is 8. The zero-order valence-electron chi connectivity index (χ0n) is 34.3. The normalized spacial score (nSPS) is 10.7. The molecule has 0 aliphatic carbocycles. The molecule has 2 aromatic heterocycles. The van der Waals surface area contributed by atoms with Crippen LogP contribution in [0.3, 0.4) is 0 Å². The first-order valence-corrected chi connectivity index (χ1v) is 20.4. The summed E-state index contributed by atoms with van der Waals surface area (Å²) in [5.41, 5.74) is 10.6. The molecule has 8 aromatic carbocycles. The van der Waals surface area contributed by atoms with E-state index >= 15 is 0 Å². The van der Waals surface area contributed by atoms with Crippen molar-refractivity contribution in [1.29, 1.82) is 15.8 Å². The zero-order chi connectivity index (χ0) is 44.4. The third-order valence-electron chi connectivity index (χ3n) is 11.3. The summed E-state index contributed by atoms with van der Waals surface area (Å²) < 4.78 is 2.17. The van der Waals surface area contributed by atoms with Crippen molar-refractivity contribution in [2.24, 2.45) is 0 Å². The van der Waals surface area contributed by atoms with Crippen molar-refractivity contribution in [3.8, 4) is 91.4 Å². The molecule has 9 heteroatoms. The van der Waals surface area contributed by atoms with Gasteiger partial charge in [0, 0.05) is 38.6 Å². The smallest absolute Gasteiger partial charge is 0.177 e. The summed E-state index contributed by atoms with van der Waals surface area (Å²) in [6.45, 7) is 16.1. The van der Waals surface area contributed by atoms with Gasteiger partial charge in [-0.15, -0.1) is 0 Å². The molecule has 10 aromatic rings. The number of aromatic nitrogens is 4. The van der Waals surface area contributed by atoms with Gasteiger partial charge in [0.2, 0.25) is 0 Å². The van der Waals surface area contributed by atoms with Gasteiger partial charge in [-0.1, -0.05) is 115 Å². The SMILES string of the molecule is [C-]#[N+]c1cc([N+]#[C-])cc(-c2cc(-c3nc(-c4ccccc4)nc(-c4ccccc4)n3)cc(-c3cc(C#N)cc(C#N)c3)c2-n2c3ccccc3c3cc(-c4cccc(C#N)c4)ccc32)c1. The molecular weight excluding hydrogens is 799 g/mol. The maximum atomic E-state index is 10.3. The molecule has 0 aliphatic rings. The summed E-state index contributed by atoms with van der Waals surface area (Å²) in [6, 6.07) is 62.1. The van der Waals surface area contributed by atoms with E-state index in [-0.39, 0.29) is 11.4 Å². The third kappa shape index (κ3) is 7.25. The average molecular weight is 828 g/mol. The van der Waals surface area contributed by atoms with Gasteiger partial charge in [-0.05, 0) is 82.9 Å². The Morgan fingerprint density at radius 2 is 0.877 bits per heavy atom. The summed E-state index contributed by atoms with van der Waals surface area (Å²) >= 11 is 0. The fourth-order valence-electron chi connectivity index (χ4n) is 8.34. The molecule has 0 aliphatic heterocycles. The predicted molar refractivity (Wildman–Crippen MR) is 253 cm³/mol. The summed E-state index contributed by atoms with van der Waals surface area (Å²) in [4.78, 5) is 22.7. The predicted octanol–water partition coefficient (Wildman–Crippen LogP) is 13.7. The fraction of sp³-hybridized carbons (Fsp3) is 0.